The molecule has 0 bridgehead atoms. The maximum absolute atomic E-state index is 11.9. The van der Waals surface area contributed by atoms with Crippen LogP contribution in [0.4, 0.5) is 5.69 Å². The van der Waals surface area contributed by atoms with Crippen LogP contribution in [0.2, 0.25) is 5.02 Å². The number of hydrogen-bond acceptors (Lipinski definition) is 3. The van der Waals surface area contributed by atoms with Gasteiger partial charge in [-0.25, -0.2) is 0 Å². The Morgan fingerprint density at radius 2 is 2.11 bits per heavy atom. The number of likely N-dealkylation sites (N-methyl/N-ethyl adjacent to an activating group) is 1. The molecule has 1 aliphatic rings. The van der Waals surface area contributed by atoms with Crippen molar-refractivity contribution < 1.29 is 4.79 Å². The van der Waals surface area contributed by atoms with Crippen LogP contribution in [0.25, 0.3) is 0 Å². The Hall–Kier alpha value is -1.26. The first kappa shape index (κ1) is 14.2. The van der Waals surface area contributed by atoms with E-state index in [9.17, 15) is 4.79 Å². The van der Waals surface area contributed by atoms with E-state index in [1.54, 1.807) is 4.90 Å². The summed E-state index contributed by atoms with van der Waals surface area (Å²) >= 11 is 6.32. The number of anilines is 1. The van der Waals surface area contributed by atoms with Gasteiger partial charge in [0.25, 0.3) is 0 Å². The number of carbonyl (C=O) groups is 1. The van der Waals surface area contributed by atoms with Crippen molar-refractivity contribution in [1.82, 2.24) is 4.90 Å². The molecule has 2 rings (SSSR count). The lowest BCUT2D eigenvalue weighted by Crippen LogP contribution is -2.34. The number of carbonyl (C=O) groups excluding carboxylic acids is 1. The number of benzene rings is 1. The second kappa shape index (κ2) is 5.80. The molecule has 0 aliphatic carbocycles. The van der Waals surface area contributed by atoms with Gasteiger partial charge in [0.05, 0.1) is 17.3 Å². The number of nitrogens with zero attached hydrogens (tertiary/aromatic N) is 2. The van der Waals surface area contributed by atoms with E-state index < -0.39 is 0 Å². The summed E-state index contributed by atoms with van der Waals surface area (Å²) in [4.78, 5) is 15.7. The minimum atomic E-state index is -0.0385. The highest BCUT2D eigenvalue weighted by atomic mass is 35.5. The van der Waals surface area contributed by atoms with Gasteiger partial charge in [-0.2, -0.15) is 0 Å². The number of rotatable bonds is 2. The van der Waals surface area contributed by atoms with E-state index in [0.29, 0.717) is 11.6 Å². The monoisotopic (exact) mass is 281 g/mol. The van der Waals surface area contributed by atoms with Gasteiger partial charge in [-0.05, 0) is 31.0 Å². The van der Waals surface area contributed by atoms with Crippen LogP contribution in [0, 0.1) is 0 Å². The molecular weight excluding hydrogens is 262 g/mol. The fraction of sp³-hybridized carbons (Fsp3) is 0.500. The molecular formula is C14H20ClN3O. The Balaban J connectivity index is 2.24. The molecule has 1 amide bonds. The van der Waals surface area contributed by atoms with Crippen LogP contribution in [0.5, 0.6) is 0 Å². The van der Waals surface area contributed by atoms with Crippen molar-refractivity contribution in [3.05, 3.63) is 28.8 Å². The van der Waals surface area contributed by atoms with Crippen LogP contribution in [-0.4, -0.2) is 37.5 Å². The third-order valence-corrected chi connectivity index (χ3v) is 3.81. The van der Waals surface area contributed by atoms with Crippen LogP contribution in [0.3, 0.4) is 0 Å². The molecule has 19 heavy (non-hydrogen) atoms. The molecule has 0 saturated carbocycles. The van der Waals surface area contributed by atoms with Crippen molar-refractivity contribution in [2.24, 2.45) is 5.73 Å². The van der Waals surface area contributed by atoms with Gasteiger partial charge in [0.1, 0.15) is 0 Å². The molecule has 1 aromatic rings. The predicted molar refractivity (Wildman–Crippen MR) is 78.5 cm³/mol. The lowest BCUT2D eigenvalue weighted by Gasteiger charge is -2.23. The number of nitrogens with two attached hydrogens (primary N) is 1. The van der Waals surface area contributed by atoms with Crippen molar-refractivity contribution in [3.63, 3.8) is 0 Å². The van der Waals surface area contributed by atoms with E-state index in [1.165, 1.54) is 0 Å². The molecule has 2 N–H and O–H groups in total. The molecule has 1 aromatic carbocycles. The van der Waals surface area contributed by atoms with Gasteiger partial charge >= 0.3 is 0 Å². The summed E-state index contributed by atoms with van der Waals surface area (Å²) in [6.07, 6.45) is 0.952. The fourth-order valence-corrected chi connectivity index (χ4v) is 2.56. The van der Waals surface area contributed by atoms with Gasteiger partial charge in [-0.1, -0.05) is 17.7 Å². The maximum atomic E-state index is 11.9. The Kier molecular flexibility index (Phi) is 4.32. The first-order chi connectivity index (χ1) is 8.99. The summed E-state index contributed by atoms with van der Waals surface area (Å²) in [5.41, 5.74) is 7.76. The summed E-state index contributed by atoms with van der Waals surface area (Å²) in [6.45, 7) is 3.95. The quantitative estimate of drug-likeness (QED) is 0.902. The van der Waals surface area contributed by atoms with E-state index in [2.05, 4.69) is 0 Å². The maximum Gasteiger partial charge on any atom is 0.241 e. The Bertz CT molecular complexity index is 476. The third-order valence-electron chi connectivity index (χ3n) is 3.51. The summed E-state index contributed by atoms with van der Waals surface area (Å²) in [5.74, 6) is 0.129. The summed E-state index contributed by atoms with van der Waals surface area (Å²) in [6, 6.07) is 5.79. The van der Waals surface area contributed by atoms with Crippen molar-refractivity contribution in [3.8, 4) is 0 Å². The van der Waals surface area contributed by atoms with E-state index in [0.717, 1.165) is 30.8 Å². The number of halogens is 1. The lowest BCUT2D eigenvalue weighted by atomic mass is 10.1. The smallest absolute Gasteiger partial charge is 0.241 e. The number of hydrogen-bond donors (Lipinski definition) is 1. The Morgan fingerprint density at radius 1 is 1.37 bits per heavy atom. The molecule has 0 radical (unpaired) electrons. The molecule has 104 valence electrons. The molecule has 1 heterocycles. The highest BCUT2D eigenvalue weighted by Gasteiger charge is 2.20. The van der Waals surface area contributed by atoms with Gasteiger partial charge in [-0.3, -0.25) is 4.79 Å². The zero-order chi connectivity index (χ0) is 14.0. The number of amides is 1. The van der Waals surface area contributed by atoms with E-state index in [1.807, 2.05) is 37.1 Å². The van der Waals surface area contributed by atoms with E-state index in [4.69, 9.17) is 17.3 Å². The van der Waals surface area contributed by atoms with Crippen LogP contribution in [0.1, 0.15) is 24.9 Å². The second-order valence-corrected chi connectivity index (χ2v) is 5.50. The molecule has 0 aromatic heterocycles. The molecule has 0 spiro atoms. The lowest BCUT2D eigenvalue weighted by molar-refractivity contribution is -0.127. The fourth-order valence-electron chi connectivity index (χ4n) is 2.25. The topological polar surface area (TPSA) is 49.6 Å². The Labute approximate surface area is 119 Å². The third kappa shape index (κ3) is 3.19. The van der Waals surface area contributed by atoms with Crippen molar-refractivity contribution >= 4 is 23.2 Å². The standard InChI is InChI=1S/C14H20ClN3O/c1-10(16)11-4-5-13(12(15)8-11)18-7-3-6-17(2)14(19)9-18/h4-5,8,10H,3,6-7,9,16H2,1-2H3/t10-/m0/s1. The van der Waals surface area contributed by atoms with Gasteiger partial charge < -0.3 is 15.5 Å². The zero-order valence-electron chi connectivity index (χ0n) is 11.4. The van der Waals surface area contributed by atoms with Crippen LogP contribution >= 0.6 is 11.6 Å². The van der Waals surface area contributed by atoms with Gasteiger partial charge in [0, 0.05) is 26.2 Å². The average molecular weight is 282 g/mol. The van der Waals surface area contributed by atoms with E-state index in [-0.39, 0.29) is 11.9 Å². The predicted octanol–water partition coefficient (Wildman–Crippen LogP) is 2.03. The second-order valence-electron chi connectivity index (χ2n) is 5.09. The molecule has 1 aliphatic heterocycles. The van der Waals surface area contributed by atoms with Crippen molar-refractivity contribution in [2.75, 3.05) is 31.6 Å². The first-order valence-corrected chi connectivity index (χ1v) is 6.91. The SMILES string of the molecule is C[C@H](N)c1ccc(N2CCCN(C)C(=O)C2)c(Cl)c1. The van der Waals surface area contributed by atoms with Crippen LogP contribution in [0.15, 0.2) is 18.2 Å². The van der Waals surface area contributed by atoms with Crippen LogP contribution in [-0.2, 0) is 4.79 Å². The van der Waals surface area contributed by atoms with Gasteiger partial charge in [0.15, 0.2) is 0 Å². The van der Waals surface area contributed by atoms with Crippen molar-refractivity contribution in [2.45, 2.75) is 19.4 Å². The summed E-state index contributed by atoms with van der Waals surface area (Å²) in [5, 5.41) is 0.659. The van der Waals surface area contributed by atoms with Gasteiger partial charge in [-0.15, -0.1) is 0 Å². The highest BCUT2D eigenvalue weighted by molar-refractivity contribution is 6.33. The molecule has 5 heteroatoms. The van der Waals surface area contributed by atoms with E-state index >= 15 is 0 Å². The zero-order valence-corrected chi connectivity index (χ0v) is 12.2. The molecule has 1 fully saturated rings. The van der Waals surface area contributed by atoms with Crippen molar-refractivity contribution in [1.29, 1.82) is 0 Å². The molecule has 0 unspecified atom stereocenters. The molecule has 1 saturated heterocycles. The van der Waals surface area contributed by atoms with Gasteiger partial charge in [0.2, 0.25) is 5.91 Å². The largest absolute Gasteiger partial charge is 0.361 e. The summed E-state index contributed by atoms with van der Waals surface area (Å²) < 4.78 is 0. The normalized spacial score (nSPS) is 18.4. The van der Waals surface area contributed by atoms with Crippen LogP contribution < -0.4 is 10.6 Å². The Morgan fingerprint density at radius 3 is 2.74 bits per heavy atom. The summed E-state index contributed by atoms with van der Waals surface area (Å²) in [7, 11) is 1.84. The minimum absolute atomic E-state index is 0.0385. The minimum Gasteiger partial charge on any atom is -0.361 e. The molecule has 4 nitrogen and oxygen atoms in total. The average Bonchev–Trinajstić information content (AvgIpc) is 2.52. The highest BCUT2D eigenvalue weighted by Crippen LogP contribution is 2.29. The molecule has 1 atom stereocenters. The first-order valence-electron chi connectivity index (χ1n) is 6.53.